The van der Waals surface area contributed by atoms with Crippen molar-refractivity contribution < 1.29 is 48.0 Å². The van der Waals surface area contributed by atoms with Gasteiger partial charge in [0, 0.05) is 19.4 Å². The minimum absolute atomic E-state index is 0.0833. The van der Waals surface area contributed by atoms with Gasteiger partial charge in [-0.3, -0.25) is 9.59 Å². The molecule has 0 aliphatic rings. The Morgan fingerprint density at radius 3 is 2.09 bits per heavy atom. The number of halogens is 1. The molecule has 2 aromatic carbocycles. The van der Waals surface area contributed by atoms with E-state index in [1.165, 1.54) is 6.07 Å². The second-order valence-corrected chi connectivity index (χ2v) is 11.1. The van der Waals surface area contributed by atoms with Crippen LogP contribution in [0.1, 0.15) is 68.4 Å². The van der Waals surface area contributed by atoms with Crippen LogP contribution in [-0.4, -0.2) is 70.6 Å². The SMILES string of the molecule is CCCCCNC(=O)[C@H](Cc1ccc(OC(F)C(=O)O)c(C(=O)O)c1)NC(=O)C(Cc1ccccc1)NC(=O)OC(C)(C)C. The van der Waals surface area contributed by atoms with Gasteiger partial charge >= 0.3 is 24.4 Å². The number of carbonyl (C=O) groups excluding carboxylic acids is 3. The number of nitrogens with one attached hydrogen (secondary N) is 3. The maximum absolute atomic E-state index is 13.6. The average molecular weight is 618 g/mol. The minimum atomic E-state index is -2.79. The van der Waals surface area contributed by atoms with Crippen LogP contribution in [0.3, 0.4) is 0 Å². The smallest absolute Gasteiger partial charge is 0.408 e. The Morgan fingerprint density at radius 1 is 0.864 bits per heavy atom. The van der Waals surface area contributed by atoms with Crippen molar-refractivity contribution in [3.63, 3.8) is 0 Å². The van der Waals surface area contributed by atoms with Crippen LogP contribution in [0.15, 0.2) is 48.5 Å². The fraction of sp³-hybridized carbons (Fsp3) is 0.452. The standard InChI is InChI=1S/C31H40FN3O9/c1-5-6-10-15-33-26(36)22(18-20-13-14-24(21(16-20)28(38)39)43-25(32)29(40)41)34-27(37)23(17-19-11-8-7-9-12-19)35-30(42)44-31(2,3)4/h7-9,11-14,16,22-23,25H,5-6,10,15,17-18H2,1-4H3,(H,33,36)(H,34,37)(H,35,42)(H,38,39)(H,40,41)/t22-,23?,25?/m0/s1. The van der Waals surface area contributed by atoms with Gasteiger partial charge in [0.2, 0.25) is 11.8 Å². The van der Waals surface area contributed by atoms with Crippen molar-refractivity contribution >= 4 is 29.8 Å². The molecule has 12 nitrogen and oxygen atoms in total. The molecule has 2 rings (SSSR count). The summed E-state index contributed by atoms with van der Waals surface area (Å²) in [5.74, 6) is -5.21. The zero-order valence-electron chi connectivity index (χ0n) is 25.2. The van der Waals surface area contributed by atoms with Crippen LogP contribution >= 0.6 is 0 Å². The third-order valence-electron chi connectivity index (χ3n) is 6.14. The lowest BCUT2D eigenvalue weighted by Gasteiger charge is -2.25. The van der Waals surface area contributed by atoms with Gasteiger partial charge in [0.25, 0.3) is 0 Å². The first kappa shape index (κ1) is 35.5. The van der Waals surface area contributed by atoms with Crippen molar-refractivity contribution in [2.45, 2.75) is 83.8 Å². The summed E-state index contributed by atoms with van der Waals surface area (Å²) in [6, 6.07) is 10.1. The van der Waals surface area contributed by atoms with E-state index in [1.54, 1.807) is 51.1 Å². The number of aromatic carboxylic acids is 1. The predicted molar refractivity (Wildman–Crippen MR) is 158 cm³/mol. The third kappa shape index (κ3) is 12.3. The quantitative estimate of drug-likeness (QED) is 0.176. The number of carbonyl (C=O) groups is 5. The number of rotatable bonds is 16. The summed E-state index contributed by atoms with van der Waals surface area (Å²) >= 11 is 0. The molecule has 0 saturated heterocycles. The summed E-state index contributed by atoms with van der Waals surface area (Å²) in [6.45, 7) is 7.37. The lowest BCUT2D eigenvalue weighted by Crippen LogP contribution is -2.55. The fourth-order valence-electron chi connectivity index (χ4n) is 4.07. The summed E-state index contributed by atoms with van der Waals surface area (Å²) in [4.78, 5) is 62.1. The molecule has 5 N–H and O–H groups in total. The first-order valence-corrected chi connectivity index (χ1v) is 14.2. The minimum Gasteiger partial charge on any atom is -0.478 e. The Bertz CT molecular complexity index is 1300. The van der Waals surface area contributed by atoms with Crippen molar-refractivity contribution in [2.24, 2.45) is 0 Å². The van der Waals surface area contributed by atoms with E-state index in [-0.39, 0.29) is 18.4 Å². The van der Waals surface area contributed by atoms with Crippen LogP contribution in [0, 0.1) is 0 Å². The van der Waals surface area contributed by atoms with Crippen molar-refractivity contribution in [1.82, 2.24) is 16.0 Å². The maximum Gasteiger partial charge on any atom is 0.408 e. The number of hydrogen-bond donors (Lipinski definition) is 5. The van der Waals surface area contributed by atoms with E-state index in [0.717, 1.165) is 30.5 Å². The molecule has 0 aliphatic carbocycles. The van der Waals surface area contributed by atoms with E-state index >= 15 is 0 Å². The van der Waals surface area contributed by atoms with Gasteiger partial charge in [0.05, 0.1) is 0 Å². The molecule has 240 valence electrons. The number of benzene rings is 2. The molecule has 3 atom stereocenters. The van der Waals surface area contributed by atoms with Gasteiger partial charge in [-0.15, -0.1) is 0 Å². The monoisotopic (exact) mass is 617 g/mol. The van der Waals surface area contributed by atoms with E-state index in [2.05, 4.69) is 20.7 Å². The molecular weight excluding hydrogens is 577 g/mol. The zero-order chi connectivity index (χ0) is 32.9. The molecule has 0 radical (unpaired) electrons. The lowest BCUT2D eigenvalue weighted by molar-refractivity contribution is -0.153. The Morgan fingerprint density at radius 2 is 1.50 bits per heavy atom. The summed E-state index contributed by atoms with van der Waals surface area (Å²) in [5, 5.41) is 26.4. The van der Waals surface area contributed by atoms with Gasteiger partial charge in [-0.05, 0) is 50.5 Å². The first-order chi connectivity index (χ1) is 20.7. The first-order valence-electron chi connectivity index (χ1n) is 14.2. The Labute approximate surface area is 255 Å². The molecule has 0 aromatic heterocycles. The summed E-state index contributed by atoms with van der Waals surface area (Å²) in [7, 11) is 0. The van der Waals surface area contributed by atoms with E-state index in [0.29, 0.717) is 13.0 Å². The number of aliphatic carboxylic acids is 1. The highest BCUT2D eigenvalue weighted by Gasteiger charge is 2.29. The van der Waals surface area contributed by atoms with E-state index in [1.807, 2.05) is 6.92 Å². The van der Waals surface area contributed by atoms with Gasteiger partial charge < -0.3 is 35.6 Å². The summed E-state index contributed by atoms with van der Waals surface area (Å²) < 4.78 is 23.6. The van der Waals surface area contributed by atoms with Crippen molar-refractivity contribution in [2.75, 3.05) is 6.54 Å². The highest BCUT2D eigenvalue weighted by molar-refractivity contribution is 5.93. The van der Waals surface area contributed by atoms with Gasteiger partial charge in [0.1, 0.15) is 29.0 Å². The van der Waals surface area contributed by atoms with Gasteiger partial charge in [-0.25, -0.2) is 14.4 Å². The number of unbranched alkanes of at least 4 members (excludes halogenated alkanes) is 2. The molecule has 0 saturated carbocycles. The lowest BCUT2D eigenvalue weighted by atomic mass is 10.0. The van der Waals surface area contributed by atoms with Crippen molar-refractivity contribution in [3.05, 3.63) is 65.2 Å². The van der Waals surface area contributed by atoms with Gasteiger partial charge in [0.15, 0.2) is 0 Å². The highest BCUT2D eigenvalue weighted by atomic mass is 19.1. The third-order valence-corrected chi connectivity index (χ3v) is 6.14. The van der Waals surface area contributed by atoms with Crippen LogP contribution in [0.4, 0.5) is 9.18 Å². The molecular formula is C31H40FN3O9. The molecule has 13 heteroatoms. The second-order valence-electron chi connectivity index (χ2n) is 11.1. The molecule has 44 heavy (non-hydrogen) atoms. The van der Waals surface area contributed by atoms with Crippen LogP contribution in [0.5, 0.6) is 5.75 Å². The molecule has 0 heterocycles. The van der Waals surface area contributed by atoms with Crippen LogP contribution in [-0.2, 0) is 32.0 Å². The number of carboxylic acid groups (broad SMARTS) is 2. The van der Waals surface area contributed by atoms with E-state index < -0.39 is 65.2 Å². The Balaban J connectivity index is 2.36. The van der Waals surface area contributed by atoms with E-state index in [9.17, 15) is 33.5 Å². The topological polar surface area (TPSA) is 180 Å². The number of alkyl carbamates (subject to hydrolysis) is 1. The number of amides is 3. The molecule has 0 bridgehead atoms. The van der Waals surface area contributed by atoms with Crippen LogP contribution in [0.25, 0.3) is 0 Å². The Hall–Kier alpha value is -4.68. The number of hydrogen-bond acceptors (Lipinski definition) is 7. The normalized spacial score (nSPS) is 13.1. The molecule has 2 unspecified atom stereocenters. The molecule has 3 amide bonds. The van der Waals surface area contributed by atoms with Crippen molar-refractivity contribution in [1.29, 1.82) is 0 Å². The number of carboxylic acids is 2. The predicted octanol–water partition coefficient (Wildman–Crippen LogP) is 3.61. The summed E-state index contributed by atoms with van der Waals surface area (Å²) in [6.07, 6.45) is -1.24. The molecule has 0 fully saturated rings. The Kier molecular flexibility index (Phi) is 13.6. The largest absolute Gasteiger partial charge is 0.478 e. The summed E-state index contributed by atoms with van der Waals surface area (Å²) in [5.41, 5.74) is -0.371. The number of alkyl halides is 1. The highest BCUT2D eigenvalue weighted by Crippen LogP contribution is 2.23. The van der Waals surface area contributed by atoms with Crippen LogP contribution in [0.2, 0.25) is 0 Å². The van der Waals surface area contributed by atoms with Gasteiger partial charge in [-0.1, -0.05) is 56.2 Å². The maximum atomic E-state index is 13.6. The van der Waals surface area contributed by atoms with E-state index in [4.69, 9.17) is 9.84 Å². The zero-order valence-corrected chi connectivity index (χ0v) is 25.2. The van der Waals surface area contributed by atoms with Crippen molar-refractivity contribution in [3.8, 4) is 5.75 Å². The second kappa shape index (κ2) is 16.8. The molecule has 0 spiro atoms. The average Bonchev–Trinajstić information content (AvgIpc) is 2.94. The van der Waals surface area contributed by atoms with Gasteiger partial charge in [-0.2, -0.15) is 4.39 Å². The molecule has 2 aromatic rings. The molecule has 0 aliphatic heterocycles. The number of ether oxygens (including phenoxy) is 2. The van der Waals surface area contributed by atoms with Crippen LogP contribution < -0.4 is 20.7 Å². The fourth-order valence-corrected chi connectivity index (χ4v) is 4.07.